The standard InChI is InChI=1S/C12H22N4O/c1-16(2)9-10-14-11(17-15-10)8-12(13)6-4-3-5-7-12/h3-9,13H2,1-2H3. The van der Waals surface area contributed by atoms with E-state index in [1.165, 1.54) is 19.3 Å². The Bertz CT molecular complexity index is 355. The van der Waals surface area contributed by atoms with Crippen molar-refractivity contribution in [1.29, 1.82) is 0 Å². The van der Waals surface area contributed by atoms with Crippen molar-refractivity contribution in [2.24, 2.45) is 5.73 Å². The van der Waals surface area contributed by atoms with Gasteiger partial charge in [-0.15, -0.1) is 0 Å². The highest BCUT2D eigenvalue weighted by atomic mass is 16.5. The highest BCUT2D eigenvalue weighted by Gasteiger charge is 2.29. The summed E-state index contributed by atoms with van der Waals surface area (Å²) in [4.78, 5) is 6.41. The lowest BCUT2D eigenvalue weighted by atomic mass is 9.80. The zero-order valence-electron chi connectivity index (χ0n) is 10.8. The van der Waals surface area contributed by atoms with Crippen LogP contribution in [0.15, 0.2) is 4.52 Å². The van der Waals surface area contributed by atoms with E-state index in [1.807, 2.05) is 19.0 Å². The van der Waals surface area contributed by atoms with Crippen LogP contribution in [0.4, 0.5) is 0 Å². The van der Waals surface area contributed by atoms with Gasteiger partial charge in [-0.3, -0.25) is 0 Å². The molecule has 0 aliphatic heterocycles. The average Bonchev–Trinajstić information content (AvgIpc) is 2.64. The molecule has 1 aliphatic rings. The predicted octanol–water partition coefficient (Wildman–Crippen LogP) is 1.34. The van der Waals surface area contributed by atoms with Gasteiger partial charge in [0.15, 0.2) is 5.82 Å². The van der Waals surface area contributed by atoms with Gasteiger partial charge in [-0.05, 0) is 26.9 Å². The summed E-state index contributed by atoms with van der Waals surface area (Å²) in [5.41, 5.74) is 6.24. The molecule has 0 spiro atoms. The Hall–Kier alpha value is -0.940. The van der Waals surface area contributed by atoms with Crippen LogP contribution in [-0.2, 0) is 13.0 Å². The van der Waals surface area contributed by atoms with Gasteiger partial charge in [-0.25, -0.2) is 0 Å². The van der Waals surface area contributed by atoms with Crippen molar-refractivity contribution in [1.82, 2.24) is 15.0 Å². The largest absolute Gasteiger partial charge is 0.339 e. The smallest absolute Gasteiger partial charge is 0.228 e. The fraction of sp³-hybridized carbons (Fsp3) is 0.833. The molecular weight excluding hydrogens is 216 g/mol. The van der Waals surface area contributed by atoms with Gasteiger partial charge in [0.25, 0.3) is 0 Å². The van der Waals surface area contributed by atoms with Crippen molar-refractivity contribution in [2.75, 3.05) is 14.1 Å². The van der Waals surface area contributed by atoms with Crippen LogP contribution >= 0.6 is 0 Å². The third-order valence-electron chi connectivity index (χ3n) is 3.32. The average molecular weight is 238 g/mol. The normalized spacial score (nSPS) is 19.8. The second-order valence-electron chi connectivity index (χ2n) is 5.44. The van der Waals surface area contributed by atoms with Crippen LogP contribution in [0.2, 0.25) is 0 Å². The maximum absolute atomic E-state index is 6.36. The summed E-state index contributed by atoms with van der Waals surface area (Å²) in [6.07, 6.45) is 6.59. The summed E-state index contributed by atoms with van der Waals surface area (Å²) in [5, 5.41) is 3.97. The zero-order valence-corrected chi connectivity index (χ0v) is 10.8. The third-order valence-corrected chi connectivity index (χ3v) is 3.32. The highest BCUT2D eigenvalue weighted by Crippen LogP contribution is 2.28. The zero-order chi connectivity index (χ0) is 12.3. The van der Waals surface area contributed by atoms with E-state index in [9.17, 15) is 0 Å². The first-order chi connectivity index (χ1) is 8.07. The molecule has 1 aromatic heterocycles. The second-order valence-corrected chi connectivity index (χ2v) is 5.44. The molecule has 5 heteroatoms. The monoisotopic (exact) mass is 238 g/mol. The molecule has 0 amide bonds. The van der Waals surface area contributed by atoms with Crippen molar-refractivity contribution in [3.8, 4) is 0 Å². The number of hydrogen-bond donors (Lipinski definition) is 1. The molecular formula is C12H22N4O. The molecule has 0 radical (unpaired) electrons. The SMILES string of the molecule is CN(C)Cc1noc(CC2(N)CCCCC2)n1. The van der Waals surface area contributed by atoms with Gasteiger partial charge < -0.3 is 15.2 Å². The van der Waals surface area contributed by atoms with Crippen LogP contribution in [0.3, 0.4) is 0 Å². The van der Waals surface area contributed by atoms with Crippen LogP contribution in [0.25, 0.3) is 0 Å². The highest BCUT2D eigenvalue weighted by molar-refractivity contribution is 4.97. The number of aromatic nitrogens is 2. The molecule has 1 saturated carbocycles. The van der Waals surface area contributed by atoms with E-state index in [-0.39, 0.29) is 5.54 Å². The molecule has 2 N–H and O–H groups in total. The van der Waals surface area contributed by atoms with Crippen LogP contribution in [0.5, 0.6) is 0 Å². The first-order valence-corrected chi connectivity index (χ1v) is 6.32. The summed E-state index contributed by atoms with van der Waals surface area (Å²) in [6.45, 7) is 0.709. The quantitative estimate of drug-likeness (QED) is 0.857. The van der Waals surface area contributed by atoms with E-state index in [0.29, 0.717) is 18.9 Å². The summed E-state index contributed by atoms with van der Waals surface area (Å²) >= 11 is 0. The minimum Gasteiger partial charge on any atom is -0.339 e. The van der Waals surface area contributed by atoms with E-state index < -0.39 is 0 Å². The van der Waals surface area contributed by atoms with Crippen molar-refractivity contribution in [2.45, 2.75) is 50.6 Å². The van der Waals surface area contributed by atoms with Crippen molar-refractivity contribution < 1.29 is 4.52 Å². The Kier molecular flexibility index (Phi) is 3.79. The molecule has 0 bridgehead atoms. The van der Waals surface area contributed by atoms with Crippen LogP contribution in [-0.4, -0.2) is 34.7 Å². The van der Waals surface area contributed by atoms with E-state index >= 15 is 0 Å². The first-order valence-electron chi connectivity index (χ1n) is 6.32. The van der Waals surface area contributed by atoms with Gasteiger partial charge in [-0.2, -0.15) is 4.98 Å². The van der Waals surface area contributed by atoms with Crippen molar-refractivity contribution in [3.63, 3.8) is 0 Å². The fourth-order valence-electron chi connectivity index (χ4n) is 2.44. The molecule has 0 atom stereocenters. The number of hydrogen-bond acceptors (Lipinski definition) is 5. The molecule has 1 fully saturated rings. The Morgan fingerprint density at radius 3 is 2.65 bits per heavy atom. The second kappa shape index (κ2) is 5.14. The molecule has 2 rings (SSSR count). The molecule has 1 aromatic rings. The van der Waals surface area contributed by atoms with E-state index in [0.717, 1.165) is 18.7 Å². The van der Waals surface area contributed by atoms with Crippen LogP contribution in [0, 0.1) is 0 Å². The Balaban J connectivity index is 1.96. The Morgan fingerprint density at radius 1 is 1.29 bits per heavy atom. The number of nitrogens with two attached hydrogens (primary N) is 1. The molecule has 0 saturated heterocycles. The van der Waals surface area contributed by atoms with Crippen molar-refractivity contribution >= 4 is 0 Å². The van der Waals surface area contributed by atoms with E-state index in [4.69, 9.17) is 10.3 Å². The number of rotatable bonds is 4. The molecule has 0 aromatic carbocycles. The van der Waals surface area contributed by atoms with Crippen LogP contribution < -0.4 is 5.73 Å². The van der Waals surface area contributed by atoms with E-state index in [1.54, 1.807) is 0 Å². The minimum absolute atomic E-state index is 0.125. The summed E-state index contributed by atoms with van der Waals surface area (Å²) in [6, 6.07) is 0. The fourth-order valence-corrected chi connectivity index (χ4v) is 2.44. The lowest BCUT2D eigenvalue weighted by molar-refractivity contribution is 0.260. The maximum atomic E-state index is 6.36. The predicted molar refractivity (Wildman–Crippen MR) is 65.4 cm³/mol. The summed E-state index contributed by atoms with van der Waals surface area (Å²) < 4.78 is 5.27. The molecule has 17 heavy (non-hydrogen) atoms. The summed E-state index contributed by atoms with van der Waals surface area (Å²) in [5.74, 6) is 1.43. The Labute approximate surface area is 102 Å². The lowest BCUT2D eigenvalue weighted by Crippen LogP contribution is -2.43. The molecule has 96 valence electrons. The first kappa shape index (κ1) is 12.5. The Morgan fingerprint density at radius 2 is 2.00 bits per heavy atom. The van der Waals surface area contributed by atoms with E-state index in [2.05, 4.69) is 10.1 Å². The van der Waals surface area contributed by atoms with Gasteiger partial charge in [0.1, 0.15) is 0 Å². The molecule has 0 unspecified atom stereocenters. The number of nitrogens with zero attached hydrogens (tertiary/aromatic N) is 3. The van der Waals surface area contributed by atoms with Crippen molar-refractivity contribution in [3.05, 3.63) is 11.7 Å². The third kappa shape index (κ3) is 3.51. The topological polar surface area (TPSA) is 68.2 Å². The van der Waals surface area contributed by atoms with Crippen LogP contribution in [0.1, 0.15) is 43.8 Å². The maximum Gasteiger partial charge on any atom is 0.228 e. The lowest BCUT2D eigenvalue weighted by Gasteiger charge is -2.31. The molecule has 5 nitrogen and oxygen atoms in total. The van der Waals surface area contributed by atoms with Gasteiger partial charge in [0.05, 0.1) is 6.54 Å². The van der Waals surface area contributed by atoms with Gasteiger partial charge >= 0.3 is 0 Å². The molecule has 1 heterocycles. The molecule has 1 aliphatic carbocycles. The van der Waals surface area contributed by atoms with Gasteiger partial charge in [0, 0.05) is 12.0 Å². The summed E-state index contributed by atoms with van der Waals surface area (Å²) in [7, 11) is 3.98. The van der Waals surface area contributed by atoms with Gasteiger partial charge in [0.2, 0.25) is 5.89 Å². The van der Waals surface area contributed by atoms with Gasteiger partial charge in [-0.1, -0.05) is 24.4 Å². The minimum atomic E-state index is -0.125.